The van der Waals surface area contributed by atoms with Crippen LogP contribution in [0.2, 0.25) is 0 Å². The second-order valence-corrected chi connectivity index (χ2v) is 5.61. The number of amides is 2. The molecule has 3 rings (SSSR count). The third-order valence-electron chi connectivity index (χ3n) is 4.18. The number of aryl methyl sites for hydroxylation is 1. The molecule has 1 aromatic rings. The van der Waals surface area contributed by atoms with Crippen molar-refractivity contribution in [2.45, 2.75) is 31.7 Å². The number of carbonyl (C=O) groups is 2. The lowest BCUT2D eigenvalue weighted by Gasteiger charge is -2.26. The van der Waals surface area contributed by atoms with Gasteiger partial charge < -0.3 is 9.80 Å². The summed E-state index contributed by atoms with van der Waals surface area (Å²) in [5, 5.41) is 4.18. The van der Waals surface area contributed by atoms with Crippen LogP contribution in [0.4, 0.5) is 0 Å². The highest BCUT2D eigenvalue weighted by Crippen LogP contribution is 2.31. The summed E-state index contributed by atoms with van der Waals surface area (Å²) in [6.45, 7) is 1.73. The molecule has 0 N–H and O–H groups in total. The molecule has 0 radical (unpaired) electrons. The summed E-state index contributed by atoms with van der Waals surface area (Å²) >= 11 is 0. The standard InChI is InChI=1S/C14H20N4O2/c1-16-9-11(8-15-16)12-4-2-7-18(12)14(20)10-17-6-3-5-13(17)19/h8-9,12H,2-7,10H2,1H3/t12-/m0/s1. The molecule has 0 bridgehead atoms. The number of hydrogen-bond donors (Lipinski definition) is 0. The Morgan fingerprint density at radius 2 is 2.25 bits per heavy atom. The molecule has 1 atom stereocenters. The summed E-state index contributed by atoms with van der Waals surface area (Å²) in [6.07, 6.45) is 7.25. The van der Waals surface area contributed by atoms with Crippen molar-refractivity contribution in [1.29, 1.82) is 0 Å². The Morgan fingerprint density at radius 3 is 2.90 bits per heavy atom. The van der Waals surface area contributed by atoms with E-state index in [-0.39, 0.29) is 24.4 Å². The maximum absolute atomic E-state index is 12.4. The van der Waals surface area contributed by atoms with Gasteiger partial charge in [-0.3, -0.25) is 14.3 Å². The maximum atomic E-state index is 12.4. The van der Waals surface area contributed by atoms with Gasteiger partial charge in [0.2, 0.25) is 11.8 Å². The van der Waals surface area contributed by atoms with Gasteiger partial charge in [-0.15, -0.1) is 0 Å². The summed E-state index contributed by atoms with van der Waals surface area (Å²) in [5.41, 5.74) is 1.09. The molecule has 6 nitrogen and oxygen atoms in total. The van der Waals surface area contributed by atoms with Crippen LogP contribution in [-0.2, 0) is 16.6 Å². The van der Waals surface area contributed by atoms with Crippen LogP contribution in [0.1, 0.15) is 37.3 Å². The van der Waals surface area contributed by atoms with Crippen LogP contribution >= 0.6 is 0 Å². The fraction of sp³-hybridized carbons (Fsp3) is 0.643. The Bertz CT molecular complexity index is 525. The first-order chi connectivity index (χ1) is 9.65. The van der Waals surface area contributed by atoms with Gasteiger partial charge in [-0.25, -0.2) is 0 Å². The first-order valence-electron chi connectivity index (χ1n) is 7.21. The van der Waals surface area contributed by atoms with Crippen molar-refractivity contribution in [3.05, 3.63) is 18.0 Å². The summed E-state index contributed by atoms with van der Waals surface area (Å²) in [4.78, 5) is 27.7. The van der Waals surface area contributed by atoms with Gasteiger partial charge in [-0.2, -0.15) is 5.10 Å². The Balaban J connectivity index is 1.68. The van der Waals surface area contributed by atoms with E-state index < -0.39 is 0 Å². The molecule has 0 aliphatic carbocycles. The first-order valence-corrected chi connectivity index (χ1v) is 7.21. The van der Waals surface area contributed by atoms with Crippen LogP contribution in [-0.4, -0.2) is 51.0 Å². The summed E-state index contributed by atoms with van der Waals surface area (Å²) in [7, 11) is 1.88. The lowest BCUT2D eigenvalue weighted by atomic mass is 10.1. The molecule has 1 aromatic heterocycles. The minimum absolute atomic E-state index is 0.0617. The zero-order valence-electron chi connectivity index (χ0n) is 11.8. The molecule has 0 saturated carbocycles. The van der Waals surface area contributed by atoms with Gasteiger partial charge in [0, 0.05) is 38.3 Å². The Kier molecular flexibility index (Phi) is 3.46. The highest BCUT2D eigenvalue weighted by atomic mass is 16.2. The summed E-state index contributed by atoms with van der Waals surface area (Å²) in [5.74, 6) is 0.169. The van der Waals surface area contributed by atoms with Crippen molar-refractivity contribution in [3.8, 4) is 0 Å². The van der Waals surface area contributed by atoms with Crippen molar-refractivity contribution in [2.24, 2.45) is 7.05 Å². The highest BCUT2D eigenvalue weighted by Gasteiger charge is 2.32. The first kappa shape index (κ1) is 13.1. The Morgan fingerprint density at radius 1 is 1.40 bits per heavy atom. The van der Waals surface area contributed by atoms with E-state index in [0.29, 0.717) is 6.42 Å². The van der Waals surface area contributed by atoms with Gasteiger partial charge in [0.05, 0.1) is 18.8 Å². The van der Waals surface area contributed by atoms with Gasteiger partial charge in [0.25, 0.3) is 0 Å². The van der Waals surface area contributed by atoms with Crippen LogP contribution in [0.3, 0.4) is 0 Å². The fourth-order valence-corrected chi connectivity index (χ4v) is 3.15. The van der Waals surface area contributed by atoms with Gasteiger partial charge >= 0.3 is 0 Å². The number of hydrogen-bond acceptors (Lipinski definition) is 3. The average Bonchev–Trinajstić information content (AvgIpc) is 3.11. The van der Waals surface area contributed by atoms with Gasteiger partial charge in [-0.1, -0.05) is 0 Å². The quantitative estimate of drug-likeness (QED) is 0.817. The van der Waals surface area contributed by atoms with Crippen molar-refractivity contribution in [2.75, 3.05) is 19.6 Å². The van der Waals surface area contributed by atoms with E-state index in [0.717, 1.165) is 37.9 Å². The van der Waals surface area contributed by atoms with Crippen molar-refractivity contribution in [1.82, 2.24) is 19.6 Å². The number of carbonyl (C=O) groups excluding carboxylic acids is 2. The second kappa shape index (κ2) is 5.26. The molecule has 0 aromatic carbocycles. The van der Waals surface area contributed by atoms with Gasteiger partial charge in [0.15, 0.2) is 0 Å². The zero-order chi connectivity index (χ0) is 14.1. The third-order valence-corrected chi connectivity index (χ3v) is 4.18. The molecule has 2 fully saturated rings. The van der Waals surface area contributed by atoms with E-state index in [1.807, 2.05) is 24.3 Å². The molecule has 0 unspecified atom stereocenters. The van der Waals surface area contributed by atoms with E-state index >= 15 is 0 Å². The largest absolute Gasteiger partial charge is 0.334 e. The van der Waals surface area contributed by atoms with Crippen molar-refractivity contribution < 1.29 is 9.59 Å². The molecule has 3 heterocycles. The molecule has 6 heteroatoms. The van der Waals surface area contributed by atoms with Crippen LogP contribution in [0.5, 0.6) is 0 Å². The molecule has 2 aliphatic rings. The lowest BCUT2D eigenvalue weighted by Crippen LogP contribution is -2.40. The number of likely N-dealkylation sites (tertiary alicyclic amines) is 2. The summed E-state index contributed by atoms with van der Waals surface area (Å²) < 4.78 is 1.76. The minimum Gasteiger partial charge on any atom is -0.334 e. The fourth-order valence-electron chi connectivity index (χ4n) is 3.15. The smallest absolute Gasteiger partial charge is 0.242 e. The predicted octanol–water partition coefficient (Wildman–Crippen LogP) is 0.706. The van der Waals surface area contributed by atoms with E-state index in [4.69, 9.17) is 0 Å². The van der Waals surface area contributed by atoms with Crippen molar-refractivity contribution >= 4 is 11.8 Å². The van der Waals surface area contributed by atoms with Crippen molar-refractivity contribution in [3.63, 3.8) is 0 Å². The predicted molar refractivity (Wildman–Crippen MR) is 72.7 cm³/mol. The summed E-state index contributed by atoms with van der Waals surface area (Å²) in [6, 6.07) is 0.119. The third kappa shape index (κ3) is 2.42. The zero-order valence-corrected chi connectivity index (χ0v) is 11.8. The van der Waals surface area contributed by atoms with E-state index in [1.54, 1.807) is 9.58 Å². The Labute approximate surface area is 118 Å². The molecule has 0 spiro atoms. The van der Waals surface area contributed by atoms with Crippen LogP contribution < -0.4 is 0 Å². The lowest BCUT2D eigenvalue weighted by molar-refractivity contribution is -0.139. The molecule has 2 amide bonds. The Hall–Kier alpha value is -1.85. The van der Waals surface area contributed by atoms with Crippen LogP contribution in [0, 0.1) is 0 Å². The maximum Gasteiger partial charge on any atom is 0.242 e. The van der Waals surface area contributed by atoms with E-state index in [9.17, 15) is 9.59 Å². The molecular weight excluding hydrogens is 256 g/mol. The molecule has 20 heavy (non-hydrogen) atoms. The molecule has 2 saturated heterocycles. The van der Waals surface area contributed by atoms with Crippen LogP contribution in [0.15, 0.2) is 12.4 Å². The second-order valence-electron chi connectivity index (χ2n) is 5.61. The van der Waals surface area contributed by atoms with E-state index in [1.165, 1.54) is 0 Å². The minimum atomic E-state index is 0.0617. The number of nitrogens with zero attached hydrogens (tertiary/aromatic N) is 4. The highest BCUT2D eigenvalue weighted by molar-refractivity contribution is 5.86. The molecule has 2 aliphatic heterocycles. The number of rotatable bonds is 3. The topological polar surface area (TPSA) is 58.4 Å². The average molecular weight is 276 g/mol. The monoisotopic (exact) mass is 276 g/mol. The van der Waals surface area contributed by atoms with Crippen LogP contribution in [0.25, 0.3) is 0 Å². The van der Waals surface area contributed by atoms with Gasteiger partial charge in [-0.05, 0) is 19.3 Å². The van der Waals surface area contributed by atoms with Gasteiger partial charge in [0.1, 0.15) is 0 Å². The van der Waals surface area contributed by atoms with E-state index in [2.05, 4.69) is 5.10 Å². The molecule has 108 valence electrons. The number of aromatic nitrogens is 2. The molecular formula is C14H20N4O2. The normalized spacial score (nSPS) is 22.9. The SMILES string of the molecule is Cn1cc([C@@H]2CCCN2C(=O)CN2CCCC2=O)cn1.